The molecule has 1 amide bonds. The lowest BCUT2D eigenvalue weighted by Gasteiger charge is -2.21. The van der Waals surface area contributed by atoms with Crippen LogP contribution >= 0.6 is 0 Å². The van der Waals surface area contributed by atoms with Crippen molar-refractivity contribution in [3.05, 3.63) is 83.7 Å². The molecule has 0 atom stereocenters. The van der Waals surface area contributed by atoms with Crippen molar-refractivity contribution in [2.45, 2.75) is 20.3 Å². The molecule has 3 rings (SSSR count). The first-order valence-electron chi connectivity index (χ1n) is 9.17. The van der Waals surface area contributed by atoms with Gasteiger partial charge in [0.2, 0.25) is 5.95 Å². The Labute approximate surface area is 160 Å². The van der Waals surface area contributed by atoms with Crippen LogP contribution < -0.4 is 10.2 Å². The van der Waals surface area contributed by atoms with Gasteiger partial charge in [-0.1, -0.05) is 48.5 Å². The van der Waals surface area contributed by atoms with Crippen molar-refractivity contribution >= 4 is 17.5 Å². The number of hydrogen-bond donors (Lipinski definition) is 1. The molecule has 3 aromatic rings. The van der Waals surface area contributed by atoms with Gasteiger partial charge in [0.15, 0.2) is 0 Å². The van der Waals surface area contributed by atoms with E-state index in [-0.39, 0.29) is 5.91 Å². The third-order valence-corrected chi connectivity index (χ3v) is 4.24. The third-order valence-electron chi connectivity index (χ3n) is 4.24. The number of rotatable bonds is 7. The summed E-state index contributed by atoms with van der Waals surface area (Å²) in [4.78, 5) is 23.6. The molecule has 0 saturated heterocycles. The van der Waals surface area contributed by atoms with Crippen LogP contribution in [0.15, 0.2) is 66.7 Å². The highest BCUT2D eigenvalue weighted by atomic mass is 16.1. The molecule has 2 aromatic carbocycles. The van der Waals surface area contributed by atoms with Crippen molar-refractivity contribution in [1.29, 1.82) is 0 Å². The summed E-state index contributed by atoms with van der Waals surface area (Å²) in [5.74, 6) is 0.360. The van der Waals surface area contributed by atoms with Crippen molar-refractivity contribution in [2.75, 3.05) is 18.0 Å². The van der Waals surface area contributed by atoms with E-state index in [1.807, 2.05) is 67.3 Å². The van der Waals surface area contributed by atoms with Crippen molar-refractivity contribution < 1.29 is 4.79 Å². The molecule has 27 heavy (non-hydrogen) atoms. The van der Waals surface area contributed by atoms with E-state index in [0.29, 0.717) is 24.7 Å². The number of anilines is 2. The van der Waals surface area contributed by atoms with Gasteiger partial charge in [0, 0.05) is 24.5 Å². The second-order valence-electron chi connectivity index (χ2n) is 6.27. The van der Waals surface area contributed by atoms with E-state index < -0.39 is 0 Å². The van der Waals surface area contributed by atoms with E-state index >= 15 is 0 Å². The van der Waals surface area contributed by atoms with Gasteiger partial charge in [0.05, 0.1) is 0 Å². The molecule has 1 aromatic heterocycles. The first-order chi connectivity index (χ1) is 13.2. The summed E-state index contributed by atoms with van der Waals surface area (Å²) in [5.41, 5.74) is 3.35. The van der Waals surface area contributed by atoms with E-state index in [4.69, 9.17) is 0 Å². The highest BCUT2D eigenvalue weighted by molar-refractivity contribution is 5.92. The average molecular weight is 360 g/mol. The van der Waals surface area contributed by atoms with Crippen LogP contribution in [-0.4, -0.2) is 29.0 Å². The van der Waals surface area contributed by atoms with Crippen LogP contribution in [-0.2, 0) is 6.42 Å². The number of aryl methyl sites for hydroxylation is 1. The average Bonchev–Trinajstić information content (AvgIpc) is 2.70. The van der Waals surface area contributed by atoms with Crippen LogP contribution in [0.25, 0.3) is 0 Å². The molecule has 5 heteroatoms. The quantitative estimate of drug-likeness (QED) is 0.694. The van der Waals surface area contributed by atoms with E-state index in [0.717, 1.165) is 17.8 Å². The Hall–Kier alpha value is -3.21. The van der Waals surface area contributed by atoms with Crippen LogP contribution in [0, 0.1) is 6.92 Å². The zero-order valence-corrected chi connectivity index (χ0v) is 15.7. The van der Waals surface area contributed by atoms with Gasteiger partial charge in [0.1, 0.15) is 5.69 Å². The topological polar surface area (TPSA) is 58.1 Å². The molecule has 138 valence electrons. The van der Waals surface area contributed by atoms with Gasteiger partial charge in [-0.05, 0) is 44.0 Å². The van der Waals surface area contributed by atoms with E-state index in [2.05, 4.69) is 27.4 Å². The normalized spacial score (nSPS) is 10.4. The minimum Gasteiger partial charge on any atom is -0.350 e. The Bertz CT molecular complexity index is 881. The SMILES string of the molecule is CCN(c1ccccc1)c1nc(C)cc(C(=O)NCCc2ccccc2)n1. The molecular formula is C22H24N4O. The Morgan fingerprint density at radius 2 is 1.67 bits per heavy atom. The molecule has 0 unspecified atom stereocenters. The number of hydrogen-bond acceptors (Lipinski definition) is 4. The van der Waals surface area contributed by atoms with Gasteiger partial charge in [-0.2, -0.15) is 0 Å². The summed E-state index contributed by atoms with van der Waals surface area (Å²) in [5, 5.41) is 2.95. The summed E-state index contributed by atoms with van der Waals surface area (Å²) in [7, 11) is 0. The van der Waals surface area contributed by atoms with Crippen molar-refractivity contribution in [3.8, 4) is 0 Å². The molecule has 0 saturated carbocycles. The Morgan fingerprint density at radius 3 is 2.33 bits per heavy atom. The number of para-hydroxylation sites is 1. The second kappa shape index (κ2) is 8.94. The highest BCUT2D eigenvalue weighted by Gasteiger charge is 2.15. The lowest BCUT2D eigenvalue weighted by atomic mass is 10.1. The van der Waals surface area contributed by atoms with Crippen LogP contribution in [0.5, 0.6) is 0 Å². The third kappa shape index (κ3) is 4.91. The molecule has 0 radical (unpaired) electrons. The maximum Gasteiger partial charge on any atom is 0.270 e. The lowest BCUT2D eigenvalue weighted by Crippen LogP contribution is -2.28. The summed E-state index contributed by atoms with van der Waals surface area (Å²) in [6.07, 6.45) is 0.786. The van der Waals surface area contributed by atoms with Crippen LogP contribution in [0.4, 0.5) is 11.6 Å². The minimum absolute atomic E-state index is 0.179. The van der Waals surface area contributed by atoms with E-state index in [1.54, 1.807) is 6.07 Å². The monoisotopic (exact) mass is 360 g/mol. The molecule has 0 aliphatic heterocycles. The van der Waals surface area contributed by atoms with Gasteiger partial charge < -0.3 is 10.2 Å². The molecule has 0 fully saturated rings. The number of benzene rings is 2. The van der Waals surface area contributed by atoms with Gasteiger partial charge in [-0.3, -0.25) is 4.79 Å². The fourth-order valence-electron chi connectivity index (χ4n) is 2.89. The maximum absolute atomic E-state index is 12.6. The summed E-state index contributed by atoms with van der Waals surface area (Å²) in [6.45, 7) is 5.20. The number of carbonyl (C=O) groups is 1. The lowest BCUT2D eigenvalue weighted by molar-refractivity contribution is 0.0949. The summed E-state index contributed by atoms with van der Waals surface area (Å²) in [6, 6.07) is 21.8. The summed E-state index contributed by atoms with van der Waals surface area (Å²) < 4.78 is 0. The predicted octanol–water partition coefficient (Wildman–Crippen LogP) is 3.92. The Kier molecular flexibility index (Phi) is 6.15. The van der Waals surface area contributed by atoms with Crippen molar-refractivity contribution in [3.63, 3.8) is 0 Å². The van der Waals surface area contributed by atoms with Crippen LogP contribution in [0.2, 0.25) is 0 Å². The first kappa shape index (κ1) is 18.6. The minimum atomic E-state index is -0.179. The number of carbonyl (C=O) groups excluding carboxylic acids is 1. The fraction of sp³-hybridized carbons (Fsp3) is 0.227. The standard InChI is InChI=1S/C22H24N4O/c1-3-26(19-12-8-5-9-13-19)22-24-17(2)16-20(25-22)21(27)23-15-14-18-10-6-4-7-11-18/h4-13,16H,3,14-15H2,1-2H3,(H,23,27). The molecule has 0 aliphatic carbocycles. The number of aromatic nitrogens is 2. The maximum atomic E-state index is 12.6. The molecule has 0 spiro atoms. The first-order valence-corrected chi connectivity index (χ1v) is 9.17. The van der Waals surface area contributed by atoms with Crippen LogP contribution in [0.1, 0.15) is 28.7 Å². The molecule has 0 bridgehead atoms. The highest BCUT2D eigenvalue weighted by Crippen LogP contribution is 2.21. The van der Waals surface area contributed by atoms with Crippen molar-refractivity contribution in [1.82, 2.24) is 15.3 Å². The zero-order valence-electron chi connectivity index (χ0n) is 15.7. The largest absolute Gasteiger partial charge is 0.350 e. The molecule has 1 N–H and O–H groups in total. The van der Waals surface area contributed by atoms with Gasteiger partial charge >= 0.3 is 0 Å². The zero-order chi connectivity index (χ0) is 19.1. The Balaban J connectivity index is 1.73. The molecule has 5 nitrogen and oxygen atoms in total. The Morgan fingerprint density at radius 1 is 1.00 bits per heavy atom. The smallest absolute Gasteiger partial charge is 0.270 e. The number of nitrogens with zero attached hydrogens (tertiary/aromatic N) is 3. The number of amides is 1. The van der Waals surface area contributed by atoms with E-state index in [9.17, 15) is 4.79 Å². The fourth-order valence-corrected chi connectivity index (χ4v) is 2.89. The second-order valence-corrected chi connectivity index (χ2v) is 6.27. The molecule has 0 aliphatic rings. The predicted molar refractivity (Wildman–Crippen MR) is 108 cm³/mol. The van der Waals surface area contributed by atoms with Crippen LogP contribution in [0.3, 0.4) is 0 Å². The van der Waals surface area contributed by atoms with E-state index in [1.165, 1.54) is 5.56 Å². The summed E-state index contributed by atoms with van der Waals surface area (Å²) >= 11 is 0. The van der Waals surface area contributed by atoms with Gasteiger partial charge in [0.25, 0.3) is 5.91 Å². The van der Waals surface area contributed by atoms with Crippen molar-refractivity contribution in [2.24, 2.45) is 0 Å². The number of nitrogens with one attached hydrogen (secondary N) is 1. The van der Waals surface area contributed by atoms with Gasteiger partial charge in [-0.25, -0.2) is 9.97 Å². The molecular weight excluding hydrogens is 336 g/mol. The van der Waals surface area contributed by atoms with Gasteiger partial charge in [-0.15, -0.1) is 0 Å². The molecule has 1 heterocycles.